The van der Waals surface area contributed by atoms with Gasteiger partial charge >= 0.3 is 0 Å². The van der Waals surface area contributed by atoms with E-state index in [1.54, 1.807) is 10.9 Å². The molecule has 0 unspecified atom stereocenters. The second kappa shape index (κ2) is 6.23. The summed E-state index contributed by atoms with van der Waals surface area (Å²) in [6, 6.07) is 15.7. The molecule has 0 aliphatic rings. The van der Waals surface area contributed by atoms with Gasteiger partial charge in [0.15, 0.2) is 0 Å². The van der Waals surface area contributed by atoms with Crippen LogP contribution in [0.2, 0.25) is 0 Å². The Bertz CT molecular complexity index is 764. The first-order chi connectivity index (χ1) is 10.6. The van der Waals surface area contributed by atoms with Gasteiger partial charge in [-0.05, 0) is 39.7 Å². The first-order valence-electron chi connectivity index (χ1n) is 6.89. The molecule has 0 fully saturated rings. The molecule has 0 saturated carbocycles. The van der Waals surface area contributed by atoms with Gasteiger partial charge in [0.2, 0.25) is 0 Å². The highest BCUT2D eigenvalue weighted by atomic mass is 79.9. The van der Waals surface area contributed by atoms with Crippen molar-refractivity contribution in [3.63, 3.8) is 0 Å². The van der Waals surface area contributed by atoms with Crippen molar-refractivity contribution in [2.75, 3.05) is 5.73 Å². The number of ether oxygens (including phenoxy) is 1. The maximum Gasteiger partial charge on any atom is 0.129 e. The van der Waals surface area contributed by atoms with Crippen LogP contribution in [-0.4, -0.2) is 9.78 Å². The molecule has 112 valence electrons. The highest BCUT2D eigenvalue weighted by Crippen LogP contribution is 2.36. The lowest BCUT2D eigenvalue weighted by Gasteiger charge is -2.13. The fraction of sp³-hybridized carbons (Fsp3) is 0.118. The lowest BCUT2D eigenvalue weighted by Crippen LogP contribution is -2.00. The van der Waals surface area contributed by atoms with Gasteiger partial charge in [-0.3, -0.25) is 4.68 Å². The maximum atomic E-state index is 5.99. The molecule has 5 heteroatoms. The zero-order valence-corrected chi connectivity index (χ0v) is 13.7. The van der Waals surface area contributed by atoms with Crippen LogP contribution < -0.4 is 10.5 Å². The van der Waals surface area contributed by atoms with Crippen LogP contribution in [0.1, 0.15) is 5.56 Å². The molecule has 0 spiro atoms. The second-order valence-electron chi connectivity index (χ2n) is 4.99. The van der Waals surface area contributed by atoms with Crippen molar-refractivity contribution < 1.29 is 4.74 Å². The Morgan fingerprint density at radius 1 is 1.18 bits per heavy atom. The van der Waals surface area contributed by atoms with Gasteiger partial charge in [-0.2, -0.15) is 5.10 Å². The number of nitrogens with zero attached hydrogens (tertiary/aromatic N) is 2. The van der Waals surface area contributed by atoms with Crippen molar-refractivity contribution in [2.24, 2.45) is 7.05 Å². The maximum absolute atomic E-state index is 5.99. The average molecular weight is 358 g/mol. The lowest BCUT2D eigenvalue weighted by atomic mass is 10.1. The first kappa shape index (κ1) is 14.7. The highest BCUT2D eigenvalue weighted by molar-refractivity contribution is 9.10. The number of benzene rings is 2. The van der Waals surface area contributed by atoms with Gasteiger partial charge in [-0.25, -0.2) is 0 Å². The molecule has 3 aromatic rings. The minimum absolute atomic E-state index is 0.507. The number of nitrogens with two attached hydrogens (primary N) is 1. The van der Waals surface area contributed by atoms with E-state index in [9.17, 15) is 0 Å². The van der Waals surface area contributed by atoms with Gasteiger partial charge in [-0.15, -0.1) is 0 Å². The SMILES string of the molecule is Cn1ncc(Br)c1-c1cc(N)ccc1OCc1ccccc1. The molecule has 0 saturated heterocycles. The summed E-state index contributed by atoms with van der Waals surface area (Å²) in [6.07, 6.45) is 1.76. The van der Waals surface area contributed by atoms with Gasteiger partial charge in [0, 0.05) is 18.3 Å². The minimum atomic E-state index is 0.507. The van der Waals surface area contributed by atoms with Gasteiger partial charge in [0.05, 0.1) is 16.4 Å². The summed E-state index contributed by atoms with van der Waals surface area (Å²) in [5.74, 6) is 0.780. The molecule has 0 bridgehead atoms. The van der Waals surface area contributed by atoms with Crippen molar-refractivity contribution in [1.82, 2.24) is 9.78 Å². The fourth-order valence-electron chi connectivity index (χ4n) is 2.31. The summed E-state index contributed by atoms with van der Waals surface area (Å²) in [7, 11) is 1.89. The summed E-state index contributed by atoms with van der Waals surface area (Å²) in [6.45, 7) is 0.507. The average Bonchev–Trinajstić information content (AvgIpc) is 2.86. The highest BCUT2D eigenvalue weighted by Gasteiger charge is 2.14. The van der Waals surface area contributed by atoms with Crippen LogP contribution in [0.15, 0.2) is 59.2 Å². The van der Waals surface area contributed by atoms with Crippen molar-refractivity contribution in [2.45, 2.75) is 6.61 Å². The van der Waals surface area contributed by atoms with Crippen LogP contribution in [0.4, 0.5) is 5.69 Å². The summed E-state index contributed by atoms with van der Waals surface area (Å²) in [5.41, 5.74) is 9.61. The molecule has 2 N–H and O–H groups in total. The minimum Gasteiger partial charge on any atom is -0.488 e. The standard InChI is InChI=1S/C17H16BrN3O/c1-21-17(15(18)10-20-21)14-9-13(19)7-8-16(14)22-11-12-5-3-2-4-6-12/h2-10H,11,19H2,1H3. The van der Waals surface area contributed by atoms with Crippen molar-refractivity contribution in [3.05, 3.63) is 64.8 Å². The van der Waals surface area contributed by atoms with E-state index in [0.717, 1.165) is 27.0 Å². The molecule has 1 aromatic heterocycles. The van der Waals surface area contributed by atoms with E-state index in [0.29, 0.717) is 12.3 Å². The van der Waals surface area contributed by atoms with Gasteiger partial charge in [0.25, 0.3) is 0 Å². The summed E-state index contributed by atoms with van der Waals surface area (Å²) in [4.78, 5) is 0. The lowest BCUT2D eigenvalue weighted by molar-refractivity contribution is 0.307. The van der Waals surface area contributed by atoms with Crippen LogP contribution in [0.5, 0.6) is 5.75 Å². The predicted octanol–water partition coefficient (Wildman–Crippen LogP) is 4.01. The van der Waals surface area contributed by atoms with Gasteiger partial charge in [-0.1, -0.05) is 30.3 Å². The van der Waals surface area contributed by atoms with Crippen LogP contribution in [-0.2, 0) is 13.7 Å². The molecular formula is C17H16BrN3O. The van der Waals surface area contributed by atoms with E-state index in [1.165, 1.54) is 0 Å². The van der Waals surface area contributed by atoms with E-state index in [1.807, 2.05) is 55.6 Å². The van der Waals surface area contributed by atoms with E-state index in [-0.39, 0.29) is 0 Å². The number of aromatic nitrogens is 2. The Hall–Kier alpha value is -2.27. The molecular weight excluding hydrogens is 342 g/mol. The molecule has 0 aliphatic heterocycles. The molecule has 1 heterocycles. The summed E-state index contributed by atoms with van der Waals surface area (Å²) >= 11 is 3.53. The molecule has 0 amide bonds. The Labute approximate surface area is 137 Å². The van der Waals surface area contributed by atoms with E-state index in [2.05, 4.69) is 21.0 Å². The number of nitrogen functional groups attached to an aromatic ring is 1. The van der Waals surface area contributed by atoms with Crippen molar-refractivity contribution in [3.8, 4) is 17.0 Å². The zero-order valence-electron chi connectivity index (χ0n) is 12.2. The Kier molecular flexibility index (Phi) is 4.15. The molecule has 2 aromatic carbocycles. The van der Waals surface area contributed by atoms with Gasteiger partial charge < -0.3 is 10.5 Å². The molecule has 3 rings (SSSR count). The third kappa shape index (κ3) is 2.99. The van der Waals surface area contributed by atoms with E-state index >= 15 is 0 Å². The number of hydrogen-bond donors (Lipinski definition) is 1. The Balaban J connectivity index is 1.95. The molecule has 0 atom stereocenters. The zero-order chi connectivity index (χ0) is 15.5. The predicted molar refractivity (Wildman–Crippen MR) is 91.5 cm³/mol. The number of aryl methyl sites for hydroxylation is 1. The second-order valence-corrected chi connectivity index (χ2v) is 5.85. The van der Waals surface area contributed by atoms with Gasteiger partial charge in [0.1, 0.15) is 12.4 Å². The fourth-order valence-corrected chi connectivity index (χ4v) is 2.87. The number of rotatable bonds is 4. The van der Waals surface area contributed by atoms with E-state index in [4.69, 9.17) is 10.5 Å². The quantitative estimate of drug-likeness (QED) is 0.717. The molecule has 22 heavy (non-hydrogen) atoms. The summed E-state index contributed by atoms with van der Waals surface area (Å²) in [5, 5.41) is 4.26. The normalized spacial score (nSPS) is 10.6. The number of hydrogen-bond acceptors (Lipinski definition) is 3. The van der Waals surface area contributed by atoms with Crippen LogP contribution in [0, 0.1) is 0 Å². The summed E-state index contributed by atoms with van der Waals surface area (Å²) < 4.78 is 8.70. The van der Waals surface area contributed by atoms with E-state index < -0.39 is 0 Å². The van der Waals surface area contributed by atoms with Crippen LogP contribution in [0.3, 0.4) is 0 Å². The topological polar surface area (TPSA) is 53.1 Å². The van der Waals surface area contributed by atoms with Crippen LogP contribution in [0.25, 0.3) is 11.3 Å². The molecule has 0 aliphatic carbocycles. The molecule has 4 nitrogen and oxygen atoms in total. The Morgan fingerprint density at radius 3 is 2.64 bits per heavy atom. The van der Waals surface area contributed by atoms with Crippen LogP contribution >= 0.6 is 15.9 Å². The number of anilines is 1. The Morgan fingerprint density at radius 2 is 1.95 bits per heavy atom. The van der Waals surface area contributed by atoms with Crippen molar-refractivity contribution in [1.29, 1.82) is 0 Å². The smallest absolute Gasteiger partial charge is 0.129 e. The number of halogens is 1. The monoisotopic (exact) mass is 357 g/mol. The largest absolute Gasteiger partial charge is 0.488 e. The third-order valence-electron chi connectivity index (χ3n) is 3.39. The molecule has 0 radical (unpaired) electrons. The van der Waals surface area contributed by atoms with Crippen molar-refractivity contribution >= 4 is 21.6 Å². The third-order valence-corrected chi connectivity index (χ3v) is 3.97. The first-order valence-corrected chi connectivity index (χ1v) is 7.68.